The first-order chi connectivity index (χ1) is 7.77. The summed E-state index contributed by atoms with van der Waals surface area (Å²) in [6, 6.07) is 8.81. The zero-order chi connectivity index (χ0) is 11.4. The summed E-state index contributed by atoms with van der Waals surface area (Å²) in [5.74, 6) is 5.14. The number of nitrogens with two attached hydrogens (primary N) is 1. The quantitative estimate of drug-likeness (QED) is 0.462. The lowest BCUT2D eigenvalue weighted by Gasteiger charge is -1.97. The third kappa shape index (κ3) is 2.30. The van der Waals surface area contributed by atoms with Crippen LogP contribution >= 0.6 is 11.3 Å². The average Bonchev–Trinajstić information content (AvgIpc) is 2.79. The monoisotopic (exact) mass is 227 g/mol. The van der Waals surface area contributed by atoms with E-state index in [-0.39, 0.29) is 5.78 Å². The Labute approximate surface area is 97.7 Å². The summed E-state index contributed by atoms with van der Waals surface area (Å²) >= 11 is 1.55. The molecule has 16 heavy (non-hydrogen) atoms. The van der Waals surface area contributed by atoms with Crippen molar-refractivity contribution in [3.05, 3.63) is 52.2 Å². The number of nitrogen functional groups attached to an aromatic ring is 1. The summed E-state index contributed by atoms with van der Waals surface area (Å²) in [5, 5.41) is 3.82. The van der Waals surface area contributed by atoms with Gasteiger partial charge in [0, 0.05) is 16.6 Å². The second kappa shape index (κ2) is 4.65. The molecule has 0 atom stereocenters. The molecule has 2 N–H and O–H groups in total. The highest BCUT2D eigenvalue weighted by atomic mass is 32.1. The van der Waals surface area contributed by atoms with Crippen LogP contribution in [-0.4, -0.2) is 5.78 Å². The molecule has 0 saturated carbocycles. The summed E-state index contributed by atoms with van der Waals surface area (Å²) in [6.45, 7) is 0. The molecule has 2 rings (SSSR count). The lowest BCUT2D eigenvalue weighted by Crippen LogP contribution is -2.00. The Morgan fingerprint density at radius 2 is 2.06 bits per heavy atom. The van der Waals surface area contributed by atoms with E-state index in [1.54, 1.807) is 35.6 Å². The molecule has 78 valence electrons. The van der Waals surface area contributed by atoms with Crippen molar-refractivity contribution in [1.82, 2.24) is 0 Å². The minimum Gasteiger partial charge on any atom is -0.398 e. The standard InChI is InChI=1S/C13H9NOS/c14-12-4-2-1-3-11(12)13(15)6-5-10-7-8-16-9-10/h1-4,7-9H,14H2. The Morgan fingerprint density at radius 1 is 1.25 bits per heavy atom. The number of carbonyl (C=O) groups is 1. The van der Waals surface area contributed by atoms with Gasteiger partial charge in [0.2, 0.25) is 5.78 Å². The second-order valence-corrected chi connectivity index (χ2v) is 3.96. The van der Waals surface area contributed by atoms with Gasteiger partial charge in [0.05, 0.1) is 5.56 Å². The predicted molar refractivity (Wildman–Crippen MR) is 66.4 cm³/mol. The number of benzene rings is 1. The maximum atomic E-state index is 11.7. The molecule has 0 spiro atoms. The van der Waals surface area contributed by atoms with Crippen LogP contribution in [0.15, 0.2) is 41.1 Å². The molecule has 0 radical (unpaired) electrons. The molecule has 0 amide bonds. The number of Topliss-reactive ketones (excluding diaryl/α,β-unsaturated/α-hetero) is 1. The van der Waals surface area contributed by atoms with E-state index in [1.807, 2.05) is 16.8 Å². The van der Waals surface area contributed by atoms with Crippen molar-refractivity contribution in [2.75, 3.05) is 5.73 Å². The largest absolute Gasteiger partial charge is 0.398 e. The van der Waals surface area contributed by atoms with Gasteiger partial charge in [-0.05, 0) is 29.5 Å². The summed E-state index contributed by atoms with van der Waals surface area (Å²) < 4.78 is 0. The van der Waals surface area contributed by atoms with Crippen molar-refractivity contribution < 1.29 is 4.79 Å². The van der Waals surface area contributed by atoms with E-state index in [2.05, 4.69) is 11.8 Å². The zero-order valence-corrected chi connectivity index (χ0v) is 9.25. The molecule has 0 aliphatic carbocycles. The zero-order valence-electron chi connectivity index (χ0n) is 8.44. The molecule has 3 heteroatoms. The fraction of sp³-hybridized carbons (Fsp3) is 0. The first kappa shape index (κ1) is 10.5. The van der Waals surface area contributed by atoms with E-state index in [0.29, 0.717) is 11.3 Å². The number of hydrogen-bond acceptors (Lipinski definition) is 3. The van der Waals surface area contributed by atoms with E-state index in [0.717, 1.165) is 5.56 Å². The third-order valence-corrected chi connectivity index (χ3v) is 2.73. The highest BCUT2D eigenvalue weighted by molar-refractivity contribution is 7.08. The number of thiophene rings is 1. The number of carbonyl (C=O) groups excluding carboxylic acids is 1. The summed E-state index contributed by atoms with van der Waals surface area (Å²) in [6.07, 6.45) is 0. The van der Waals surface area contributed by atoms with Gasteiger partial charge in [0.15, 0.2) is 0 Å². The van der Waals surface area contributed by atoms with Crippen LogP contribution in [-0.2, 0) is 0 Å². The Morgan fingerprint density at radius 3 is 2.75 bits per heavy atom. The van der Waals surface area contributed by atoms with Crippen LogP contribution in [0.3, 0.4) is 0 Å². The van der Waals surface area contributed by atoms with Gasteiger partial charge in [-0.2, -0.15) is 11.3 Å². The molecule has 2 nitrogen and oxygen atoms in total. The van der Waals surface area contributed by atoms with Crippen molar-refractivity contribution in [2.45, 2.75) is 0 Å². The van der Waals surface area contributed by atoms with E-state index in [1.165, 1.54) is 0 Å². The summed E-state index contributed by atoms with van der Waals surface area (Å²) in [7, 11) is 0. The first-order valence-electron chi connectivity index (χ1n) is 4.70. The van der Waals surface area contributed by atoms with Gasteiger partial charge >= 0.3 is 0 Å². The van der Waals surface area contributed by atoms with Crippen molar-refractivity contribution in [3.8, 4) is 11.8 Å². The number of para-hydroxylation sites is 1. The molecule has 0 saturated heterocycles. The highest BCUT2D eigenvalue weighted by Gasteiger charge is 2.04. The van der Waals surface area contributed by atoms with E-state index < -0.39 is 0 Å². The molecular formula is C13H9NOS. The van der Waals surface area contributed by atoms with Crippen LogP contribution in [0.25, 0.3) is 0 Å². The van der Waals surface area contributed by atoms with Crippen LogP contribution in [0.1, 0.15) is 15.9 Å². The molecule has 2 aromatic rings. The van der Waals surface area contributed by atoms with Gasteiger partial charge < -0.3 is 5.73 Å². The molecule has 1 heterocycles. The molecule has 1 aromatic carbocycles. The minimum absolute atomic E-state index is 0.246. The number of ketones is 1. The summed E-state index contributed by atoms with van der Waals surface area (Å²) in [4.78, 5) is 11.7. The topological polar surface area (TPSA) is 43.1 Å². The fourth-order valence-corrected chi connectivity index (χ4v) is 1.82. The highest BCUT2D eigenvalue weighted by Crippen LogP contribution is 2.11. The predicted octanol–water partition coefficient (Wildman–Crippen LogP) is 2.56. The Hall–Kier alpha value is -2.05. The SMILES string of the molecule is Nc1ccccc1C(=O)C#Cc1ccsc1. The second-order valence-electron chi connectivity index (χ2n) is 3.18. The Kier molecular flexibility index (Phi) is 3.04. The Balaban J connectivity index is 2.24. The van der Waals surface area contributed by atoms with Crippen LogP contribution in [0, 0.1) is 11.8 Å². The van der Waals surface area contributed by atoms with Gasteiger partial charge in [0.25, 0.3) is 0 Å². The van der Waals surface area contributed by atoms with Gasteiger partial charge in [-0.3, -0.25) is 4.79 Å². The van der Waals surface area contributed by atoms with E-state index in [9.17, 15) is 4.79 Å². The molecule has 0 fully saturated rings. The van der Waals surface area contributed by atoms with Gasteiger partial charge in [-0.15, -0.1) is 0 Å². The molecule has 0 aliphatic rings. The van der Waals surface area contributed by atoms with Crippen molar-refractivity contribution >= 4 is 22.8 Å². The number of rotatable bonds is 1. The minimum atomic E-state index is -0.246. The van der Waals surface area contributed by atoms with Crippen LogP contribution in [0.4, 0.5) is 5.69 Å². The smallest absolute Gasteiger partial charge is 0.238 e. The first-order valence-corrected chi connectivity index (χ1v) is 5.65. The molecule has 1 aromatic heterocycles. The van der Waals surface area contributed by atoms with Crippen molar-refractivity contribution in [3.63, 3.8) is 0 Å². The third-order valence-electron chi connectivity index (χ3n) is 2.05. The average molecular weight is 227 g/mol. The van der Waals surface area contributed by atoms with Crippen LogP contribution in [0.5, 0.6) is 0 Å². The summed E-state index contributed by atoms with van der Waals surface area (Å²) in [5.41, 5.74) is 7.47. The molecular weight excluding hydrogens is 218 g/mol. The normalized spacial score (nSPS) is 9.25. The lowest BCUT2D eigenvalue weighted by molar-refractivity contribution is 0.105. The maximum Gasteiger partial charge on any atom is 0.238 e. The number of hydrogen-bond donors (Lipinski definition) is 1. The molecule has 0 unspecified atom stereocenters. The van der Waals surface area contributed by atoms with Crippen LogP contribution < -0.4 is 5.73 Å². The van der Waals surface area contributed by atoms with E-state index >= 15 is 0 Å². The van der Waals surface area contributed by atoms with E-state index in [4.69, 9.17) is 5.73 Å². The van der Waals surface area contributed by atoms with Gasteiger partial charge in [-0.25, -0.2) is 0 Å². The molecule has 0 aliphatic heterocycles. The molecule has 0 bridgehead atoms. The lowest BCUT2D eigenvalue weighted by atomic mass is 10.1. The van der Waals surface area contributed by atoms with Gasteiger partial charge in [-0.1, -0.05) is 18.1 Å². The van der Waals surface area contributed by atoms with Crippen molar-refractivity contribution in [2.24, 2.45) is 0 Å². The Bertz CT molecular complexity index is 561. The van der Waals surface area contributed by atoms with Crippen LogP contribution in [0.2, 0.25) is 0 Å². The maximum absolute atomic E-state index is 11.7. The van der Waals surface area contributed by atoms with Crippen molar-refractivity contribution in [1.29, 1.82) is 0 Å². The fourth-order valence-electron chi connectivity index (χ4n) is 1.24. The van der Waals surface area contributed by atoms with Gasteiger partial charge in [0.1, 0.15) is 0 Å². The number of anilines is 1.